The highest BCUT2D eigenvalue weighted by atomic mass is 16.3. The first-order chi connectivity index (χ1) is 8.63. The van der Waals surface area contributed by atoms with E-state index in [0.29, 0.717) is 23.8 Å². The minimum absolute atomic E-state index is 0.0830. The van der Waals surface area contributed by atoms with Crippen molar-refractivity contribution >= 4 is 0 Å². The fourth-order valence-corrected chi connectivity index (χ4v) is 2.85. The van der Waals surface area contributed by atoms with E-state index in [1.54, 1.807) is 0 Å². The van der Waals surface area contributed by atoms with E-state index >= 15 is 0 Å². The molecule has 0 aliphatic heterocycles. The molecule has 98 valence electrons. The Labute approximate surface area is 104 Å². The van der Waals surface area contributed by atoms with Crippen LogP contribution in [-0.2, 0) is 6.42 Å². The van der Waals surface area contributed by atoms with Crippen LogP contribution in [0.5, 0.6) is 5.88 Å². The van der Waals surface area contributed by atoms with E-state index in [1.165, 1.54) is 4.57 Å². The maximum atomic E-state index is 12.0. The van der Waals surface area contributed by atoms with Gasteiger partial charge in [0, 0.05) is 6.04 Å². The van der Waals surface area contributed by atoms with Gasteiger partial charge in [0.2, 0.25) is 5.88 Å². The van der Waals surface area contributed by atoms with Crippen LogP contribution in [0.25, 0.3) is 0 Å². The number of nitrogens with one attached hydrogen (secondary N) is 1. The van der Waals surface area contributed by atoms with Crippen LogP contribution in [0.15, 0.2) is 9.59 Å². The van der Waals surface area contributed by atoms with Crippen molar-refractivity contribution in [2.75, 3.05) is 0 Å². The summed E-state index contributed by atoms with van der Waals surface area (Å²) >= 11 is 0. The third kappa shape index (κ3) is 1.78. The molecule has 0 radical (unpaired) electrons. The molecule has 0 saturated heterocycles. The molecule has 0 atom stereocenters. The lowest BCUT2D eigenvalue weighted by Gasteiger charge is -2.21. The first kappa shape index (κ1) is 11.6. The second kappa shape index (κ2) is 4.00. The van der Waals surface area contributed by atoms with E-state index in [4.69, 9.17) is 0 Å². The van der Waals surface area contributed by atoms with E-state index in [9.17, 15) is 14.7 Å². The predicted molar refractivity (Wildman–Crippen MR) is 66.9 cm³/mol. The average Bonchev–Trinajstić information content (AvgIpc) is 3.17. The van der Waals surface area contributed by atoms with Crippen molar-refractivity contribution in [1.29, 1.82) is 0 Å². The smallest absolute Gasteiger partial charge is 0.331 e. The summed E-state index contributed by atoms with van der Waals surface area (Å²) in [5.74, 6) is 0.878. The maximum Gasteiger partial charge on any atom is 0.331 e. The number of aromatic nitrogens is 2. The van der Waals surface area contributed by atoms with Gasteiger partial charge in [-0.1, -0.05) is 6.92 Å². The van der Waals surface area contributed by atoms with Crippen LogP contribution in [0.1, 0.15) is 44.2 Å². The zero-order chi connectivity index (χ0) is 12.9. The summed E-state index contributed by atoms with van der Waals surface area (Å²) < 4.78 is 1.44. The number of aromatic hydroxyl groups is 1. The number of hydrogen-bond donors (Lipinski definition) is 2. The number of H-pyrrole nitrogens is 1. The molecule has 1 heterocycles. The Hall–Kier alpha value is -1.52. The summed E-state index contributed by atoms with van der Waals surface area (Å²) in [7, 11) is 0. The third-order valence-corrected chi connectivity index (χ3v) is 4.07. The van der Waals surface area contributed by atoms with Gasteiger partial charge >= 0.3 is 5.69 Å². The topological polar surface area (TPSA) is 75.1 Å². The molecule has 2 N–H and O–H groups in total. The van der Waals surface area contributed by atoms with Crippen LogP contribution in [0.3, 0.4) is 0 Å². The average molecular weight is 250 g/mol. The largest absolute Gasteiger partial charge is 0.494 e. The third-order valence-electron chi connectivity index (χ3n) is 4.07. The lowest BCUT2D eigenvalue weighted by atomic mass is 10.1. The quantitative estimate of drug-likeness (QED) is 0.842. The lowest BCUT2D eigenvalue weighted by molar-refractivity contribution is 0.310. The Kier molecular flexibility index (Phi) is 2.57. The molecule has 5 nitrogen and oxygen atoms in total. The molecule has 1 aromatic rings. The molecule has 18 heavy (non-hydrogen) atoms. The van der Waals surface area contributed by atoms with E-state index in [1.807, 2.05) is 6.92 Å². The van der Waals surface area contributed by atoms with Crippen molar-refractivity contribution in [3.8, 4) is 5.88 Å². The molecule has 0 unspecified atom stereocenters. The molecule has 0 spiro atoms. The van der Waals surface area contributed by atoms with Gasteiger partial charge < -0.3 is 5.11 Å². The van der Waals surface area contributed by atoms with Gasteiger partial charge in [0.05, 0.1) is 5.56 Å². The summed E-state index contributed by atoms with van der Waals surface area (Å²) in [5, 5.41) is 10.2. The zero-order valence-electron chi connectivity index (χ0n) is 10.5. The fourth-order valence-electron chi connectivity index (χ4n) is 2.85. The number of hydrogen-bond acceptors (Lipinski definition) is 3. The Balaban J connectivity index is 2.15. The summed E-state index contributed by atoms with van der Waals surface area (Å²) in [6.07, 6.45) is 4.91. The summed E-state index contributed by atoms with van der Waals surface area (Å²) in [5.41, 5.74) is -0.596. The first-order valence-corrected chi connectivity index (χ1v) is 6.70. The van der Waals surface area contributed by atoms with Gasteiger partial charge in [-0.25, -0.2) is 4.79 Å². The van der Waals surface area contributed by atoms with Gasteiger partial charge in [-0.15, -0.1) is 0 Å². The minimum Gasteiger partial charge on any atom is -0.494 e. The van der Waals surface area contributed by atoms with Crippen molar-refractivity contribution in [3.63, 3.8) is 0 Å². The molecule has 2 aliphatic carbocycles. The highest BCUT2D eigenvalue weighted by molar-refractivity contribution is 5.24. The van der Waals surface area contributed by atoms with Gasteiger partial charge in [0.15, 0.2) is 0 Å². The molecule has 1 aromatic heterocycles. The van der Waals surface area contributed by atoms with Gasteiger partial charge in [-0.3, -0.25) is 14.3 Å². The van der Waals surface area contributed by atoms with Crippen molar-refractivity contribution < 1.29 is 5.11 Å². The minimum atomic E-state index is -0.460. The molecule has 0 amide bonds. The van der Waals surface area contributed by atoms with Crippen LogP contribution >= 0.6 is 0 Å². The summed E-state index contributed by atoms with van der Waals surface area (Å²) in [6.45, 7) is 1.81. The standard InChI is InChI=1S/C13H18N2O3/c1-2-9-11(16)14-13(18)15(12(9)17)10(7-3-4-7)8-5-6-8/h7-8,10,17H,2-6H2,1H3,(H,14,16,18). The highest BCUT2D eigenvalue weighted by Gasteiger charge is 2.44. The molecule has 3 rings (SSSR count). The van der Waals surface area contributed by atoms with Gasteiger partial charge in [-0.2, -0.15) is 0 Å². The molecule has 0 aromatic carbocycles. The first-order valence-electron chi connectivity index (χ1n) is 6.70. The Bertz CT molecular complexity index is 567. The zero-order valence-corrected chi connectivity index (χ0v) is 10.5. The number of rotatable bonds is 4. The highest BCUT2D eigenvalue weighted by Crippen LogP contribution is 2.52. The van der Waals surface area contributed by atoms with Crippen LogP contribution in [0, 0.1) is 11.8 Å². The van der Waals surface area contributed by atoms with Crippen LogP contribution in [0.2, 0.25) is 0 Å². The van der Waals surface area contributed by atoms with Crippen molar-refractivity contribution in [3.05, 3.63) is 26.4 Å². The normalized spacial score (nSPS) is 19.4. The molecule has 2 saturated carbocycles. The molecule has 2 aliphatic rings. The monoisotopic (exact) mass is 250 g/mol. The summed E-state index contributed by atoms with van der Waals surface area (Å²) in [4.78, 5) is 25.9. The van der Waals surface area contributed by atoms with Gasteiger partial charge in [0.1, 0.15) is 0 Å². The van der Waals surface area contributed by atoms with E-state index in [-0.39, 0.29) is 11.9 Å². The van der Waals surface area contributed by atoms with Gasteiger partial charge in [0.25, 0.3) is 5.56 Å². The van der Waals surface area contributed by atoms with Crippen molar-refractivity contribution in [2.24, 2.45) is 11.8 Å². The molecular weight excluding hydrogens is 232 g/mol. The predicted octanol–water partition coefficient (Wildman–Crippen LogP) is 1.17. The van der Waals surface area contributed by atoms with E-state index in [0.717, 1.165) is 25.7 Å². The Morgan fingerprint density at radius 1 is 1.28 bits per heavy atom. The SMILES string of the molecule is CCc1c(O)n(C(C2CC2)C2CC2)c(=O)[nH]c1=O. The van der Waals surface area contributed by atoms with E-state index in [2.05, 4.69) is 4.98 Å². The van der Waals surface area contributed by atoms with E-state index < -0.39 is 11.2 Å². The molecule has 0 bridgehead atoms. The molecule has 5 heteroatoms. The van der Waals surface area contributed by atoms with Crippen LogP contribution in [0.4, 0.5) is 0 Å². The fraction of sp³-hybridized carbons (Fsp3) is 0.692. The second-order valence-corrected chi connectivity index (χ2v) is 5.45. The van der Waals surface area contributed by atoms with Crippen LogP contribution < -0.4 is 11.2 Å². The Morgan fingerprint density at radius 3 is 2.28 bits per heavy atom. The number of aromatic amines is 1. The molecule has 2 fully saturated rings. The van der Waals surface area contributed by atoms with Gasteiger partial charge in [-0.05, 0) is 43.9 Å². The van der Waals surface area contributed by atoms with Crippen LogP contribution in [-0.4, -0.2) is 14.7 Å². The van der Waals surface area contributed by atoms with Crippen molar-refractivity contribution in [1.82, 2.24) is 9.55 Å². The summed E-state index contributed by atoms with van der Waals surface area (Å²) in [6, 6.07) is 0.0830. The maximum absolute atomic E-state index is 12.0. The lowest BCUT2D eigenvalue weighted by Crippen LogP contribution is -2.35. The molecular formula is C13H18N2O3. The van der Waals surface area contributed by atoms with Crippen molar-refractivity contribution in [2.45, 2.75) is 45.1 Å². The second-order valence-electron chi connectivity index (χ2n) is 5.45. The number of nitrogens with zero attached hydrogens (tertiary/aromatic N) is 1. The Morgan fingerprint density at radius 2 is 1.83 bits per heavy atom.